The van der Waals surface area contributed by atoms with Gasteiger partial charge in [0.25, 0.3) is 0 Å². The standard InChI is InChI=1S/C18H22N2O4S/c1-20(14-18(21)19-12-13-24-2)25(22,23)17-11-7-6-10-16(17)15-8-4-3-5-9-15/h3-11H,12-14H2,1-2H3,(H,19,21). The number of hydrogen-bond acceptors (Lipinski definition) is 4. The second-order valence-electron chi connectivity index (χ2n) is 5.47. The summed E-state index contributed by atoms with van der Waals surface area (Å²) in [6.07, 6.45) is 0. The molecule has 2 aromatic rings. The van der Waals surface area contributed by atoms with E-state index in [1.807, 2.05) is 30.3 Å². The molecule has 0 aromatic heterocycles. The number of benzene rings is 2. The van der Waals surface area contributed by atoms with Gasteiger partial charge in [0.1, 0.15) is 0 Å². The van der Waals surface area contributed by atoms with Crippen LogP contribution in [0.4, 0.5) is 0 Å². The third-order valence-corrected chi connectivity index (χ3v) is 5.52. The molecule has 0 unspecified atom stereocenters. The third kappa shape index (κ3) is 4.88. The SMILES string of the molecule is COCCNC(=O)CN(C)S(=O)(=O)c1ccccc1-c1ccccc1. The van der Waals surface area contributed by atoms with Crippen LogP contribution in [0.15, 0.2) is 59.5 Å². The lowest BCUT2D eigenvalue weighted by molar-refractivity contribution is -0.121. The first-order valence-electron chi connectivity index (χ1n) is 7.83. The van der Waals surface area contributed by atoms with Gasteiger partial charge in [-0.25, -0.2) is 8.42 Å². The predicted molar refractivity (Wildman–Crippen MR) is 96.6 cm³/mol. The zero-order valence-electron chi connectivity index (χ0n) is 14.3. The van der Waals surface area contributed by atoms with Crippen molar-refractivity contribution >= 4 is 15.9 Å². The van der Waals surface area contributed by atoms with E-state index in [2.05, 4.69) is 5.32 Å². The highest BCUT2D eigenvalue weighted by Gasteiger charge is 2.25. The monoisotopic (exact) mass is 362 g/mol. The summed E-state index contributed by atoms with van der Waals surface area (Å²) in [5, 5.41) is 2.61. The van der Waals surface area contributed by atoms with Crippen LogP contribution in [-0.4, -0.2) is 52.5 Å². The van der Waals surface area contributed by atoms with E-state index in [1.165, 1.54) is 14.2 Å². The van der Waals surface area contributed by atoms with Crippen molar-refractivity contribution in [2.45, 2.75) is 4.90 Å². The molecule has 6 nitrogen and oxygen atoms in total. The average Bonchev–Trinajstić information content (AvgIpc) is 2.62. The van der Waals surface area contributed by atoms with Crippen LogP contribution in [0.2, 0.25) is 0 Å². The topological polar surface area (TPSA) is 75.7 Å². The maximum absolute atomic E-state index is 12.9. The van der Waals surface area contributed by atoms with Crippen LogP contribution in [0, 0.1) is 0 Å². The highest BCUT2D eigenvalue weighted by Crippen LogP contribution is 2.28. The summed E-state index contributed by atoms with van der Waals surface area (Å²) in [5.74, 6) is -0.375. The summed E-state index contributed by atoms with van der Waals surface area (Å²) < 4.78 is 31.7. The summed E-state index contributed by atoms with van der Waals surface area (Å²) in [6, 6.07) is 16.1. The summed E-state index contributed by atoms with van der Waals surface area (Å²) in [7, 11) is -0.875. The van der Waals surface area contributed by atoms with Crippen molar-refractivity contribution in [3.05, 3.63) is 54.6 Å². The molecule has 0 aliphatic heterocycles. The van der Waals surface area contributed by atoms with Gasteiger partial charge >= 0.3 is 0 Å². The number of nitrogens with one attached hydrogen (secondary N) is 1. The maximum atomic E-state index is 12.9. The van der Waals surface area contributed by atoms with E-state index in [0.717, 1.165) is 9.87 Å². The summed E-state index contributed by atoms with van der Waals surface area (Å²) in [4.78, 5) is 12.1. The van der Waals surface area contributed by atoms with Crippen LogP contribution in [0.25, 0.3) is 11.1 Å². The number of methoxy groups -OCH3 is 1. The fourth-order valence-corrected chi connectivity index (χ4v) is 3.69. The first-order chi connectivity index (χ1) is 12.0. The predicted octanol–water partition coefficient (Wildman–Crippen LogP) is 1.74. The van der Waals surface area contributed by atoms with Gasteiger partial charge in [-0.15, -0.1) is 0 Å². The number of rotatable bonds is 8. The summed E-state index contributed by atoms with van der Waals surface area (Å²) >= 11 is 0. The van der Waals surface area contributed by atoms with E-state index < -0.39 is 10.0 Å². The molecule has 0 saturated carbocycles. The van der Waals surface area contributed by atoms with Crippen molar-refractivity contribution in [2.24, 2.45) is 0 Å². The van der Waals surface area contributed by atoms with Crippen molar-refractivity contribution in [3.8, 4) is 11.1 Å². The normalized spacial score (nSPS) is 11.5. The molecule has 25 heavy (non-hydrogen) atoms. The van der Waals surface area contributed by atoms with Gasteiger partial charge in [0, 0.05) is 26.3 Å². The number of sulfonamides is 1. The van der Waals surface area contributed by atoms with Crippen molar-refractivity contribution < 1.29 is 17.9 Å². The van der Waals surface area contributed by atoms with E-state index in [9.17, 15) is 13.2 Å². The molecule has 0 aliphatic rings. The molecule has 0 saturated heterocycles. The van der Waals surface area contributed by atoms with Crippen LogP contribution >= 0.6 is 0 Å². The van der Waals surface area contributed by atoms with Gasteiger partial charge < -0.3 is 10.1 Å². The quantitative estimate of drug-likeness (QED) is 0.726. The zero-order chi connectivity index (χ0) is 18.3. The lowest BCUT2D eigenvalue weighted by Crippen LogP contribution is -2.39. The second-order valence-corrected chi connectivity index (χ2v) is 7.48. The number of likely N-dealkylation sites (N-methyl/N-ethyl adjacent to an activating group) is 1. The number of carbonyl (C=O) groups is 1. The van der Waals surface area contributed by atoms with Gasteiger partial charge in [0.15, 0.2) is 0 Å². The smallest absolute Gasteiger partial charge is 0.243 e. The van der Waals surface area contributed by atoms with Crippen molar-refractivity contribution in [1.29, 1.82) is 0 Å². The van der Waals surface area contributed by atoms with Gasteiger partial charge in [-0.3, -0.25) is 4.79 Å². The largest absolute Gasteiger partial charge is 0.383 e. The van der Waals surface area contributed by atoms with E-state index in [-0.39, 0.29) is 17.3 Å². The minimum absolute atomic E-state index is 0.174. The molecule has 0 fully saturated rings. The van der Waals surface area contributed by atoms with Crippen LogP contribution in [0.5, 0.6) is 0 Å². The van der Waals surface area contributed by atoms with Crippen molar-refractivity contribution in [1.82, 2.24) is 9.62 Å². The summed E-state index contributed by atoms with van der Waals surface area (Å²) in [5.41, 5.74) is 1.41. The Labute approximate surface area is 148 Å². The Morgan fingerprint density at radius 3 is 2.40 bits per heavy atom. The highest BCUT2D eigenvalue weighted by atomic mass is 32.2. The summed E-state index contributed by atoms with van der Waals surface area (Å²) in [6.45, 7) is 0.456. The van der Waals surface area contributed by atoms with Gasteiger partial charge in [0.05, 0.1) is 18.0 Å². The number of ether oxygens (including phenoxy) is 1. The molecule has 134 valence electrons. The fourth-order valence-electron chi connectivity index (χ4n) is 2.35. The minimum Gasteiger partial charge on any atom is -0.383 e. The van der Waals surface area contributed by atoms with Crippen LogP contribution in [0.3, 0.4) is 0 Å². The average molecular weight is 362 g/mol. The van der Waals surface area contributed by atoms with E-state index in [1.54, 1.807) is 24.3 Å². The Bertz CT molecular complexity index is 807. The van der Waals surface area contributed by atoms with Crippen LogP contribution in [0.1, 0.15) is 0 Å². The van der Waals surface area contributed by atoms with Crippen LogP contribution in [-0.2, 0) is 19.6 Å². The number of carbonyl (C=O) groups excluding carboxylic acids is 1. The molecule has 0 spiro atoms. The molecule has 0 heterocycles. The fraction of sp³-hybridized carbons (Fsp3) is 0.278. The van der Waals surface area contributed by atoms with E-state index in [4.69, 9.17) is 4.74 Å². The molecule has 1 amide bonds. The molecule has 7 heteroatoms. The number of hydrogen-bond donors (Lipinski definition) is 1. The molecule has 0 radical (unpaired) electrons. The van der Waals surface area contributed by atoms with Gasteiger partial charge in [-0.1, -0.05) is 48.5 Å². The Kier molecular flexibility index (Phi) is 6.69. The van der Waals surface area contributed by atoms with Crippen molar-refractivity contribution in [2.75, 3.05) is 33.9 Å². The highest BCUT2D eigenvalue weighted by molar-refractivity contribution is 7.89. The Morgan fingerprint density at radius 1 is 1.08 bits per heavy atom. The molecule has 2 aromatic carbocycles. The Hall–Kier alpha value is -2.22. The lowest BCUT2D eigenvalue weighted by Gasteiger charge is -2.19. The lowest BCUT2D eigenvalue weighted by atomic mass is 10.1. The molecular weight excluding hydrogens is 340 g/mol. The van der Waals surface area contributed by atoms with Gasteiger partial charge in [-0.2, -0.15) is 4.31 Å². The second kappa shape index (κ2) is 8.75. The molecular formula is C18H22N2O4S. The third-order valence-electron chi connectivity index (χ3n) is 3.65. The van der Waals surface area contributed by atoms with Crippen molar-refractivity contribution in [3.63, 3.8) is 0 Å². The first kappa shape index (κ1) is 19.1. The van der Waals surface area contributed by atoms with Gasteiger partial charge in [-0.05, 0) is 11.6 Å². The minimum atomic E-state index is -3.80. The van der Waals surface area contributed by atoms with E-state index >= 15 is 0 Å². The number of amides is 1. The Balaban J connectivity index is 2.24. The molecule has 0 atom stereocenters. The number of nitrogens with zero attached hydrogens (tertiary/aromatic N) is 1. The van der Waals surface area contributed by atoms with E-state index in [0.29, 0.717) is 18.7 Å². The molecule has 2 rings (SSSR count). The first-order valence-corrected chi connectivity index (χ1v) is 9.27. The van der Waals surface area contributed by atoms with Crippen LogP contribution < -0.4 is 5.32 Å². The maximum Gasteiger partial charge on any atom is 0.243 e. The molecule has 0 bridgehead atoms. The Morgan fingerprint density at radius 2 is 1.72 bits per heavy atom. The molecule has 0 aliphatic carbocycles. The molecule has 1 N–H and O–H groups in total. The zero-order valence-corrected chi connectivity index (χ0v) is 15.1. The van der Waals surface area contributed by atoms with Gasteiger partial charge in [0.2, 0.25) is 15.9 Å².